The zero-order valence-electron chi connectivity index (χ0n) is 5.54. The van der Waals surface area contributed by atoms with E-state index in [0.29, 0.717) is 0 Å². The second-order valence-electron chi connectivity index (χ2n) is 1.99. The minimum atomic E-state index is -0.549. The van der Waals surface area contributed by atoms with Crippen LogP contribution < -0.4 is 11.5 Å². The predicted molar refractivity (Wildman–Crippen MR) is 44.7 cm³/mol. The summed E-state index contributed by atoms with van der Waals surface area (Å²) < 4.78 is 16.0. The van der Waals surface area contributed by atoms with Crippen LogP contribution in [-0.2, 0) is 12.4 Å². The molecular weight excluding hydrogens is 165 g/mol. The van der Waals surface area contributed by atoms with Gasteiger partial charge in [-0.25, -0.2) is 4.39 Å². The smallest absolute Gasteiger partial charge is 0.152 e. The number of hydrogen-bond donors (Lipinski definition) is 2. The van der Waals surface area contributed by atoms with E-state index in [1.807, 2.05) is 0 Å². The molecule has 3 nitrogen and oxygen atoms in total. The number of rotatable bonds is 1. The Kier molecular flexibility index (Phi) is 2.00. The summed E-state index contributed by atoms with van der Waals surface area (Å²) in [5.41, 5.74) is 11.1. The van der Waals surface area contributed by atoms with Crippen LogP contribution in [0.5, 0.6) is 0 Å². The lowest BCUT2D eigenvalue weighted by atomic mass is 10.2. The van der Waals surface area contributed by atoms with Crippen LogP contribution in [0.3, 0.4) is 0 Å². The average molecular weight is 171 g/mol. The van der Waals surface area contributed by atoms with Crippen LogP contribution in [0.1, 0.15) is 0 Å². The van der Waals surface area contributed by atoms with E-state index in [1.165, 1.54) is 12.1 Å². The second-order valence-corrected chi connectivity index (χ2v) is 2.17. The van der Waals surface area contributed by atoms with Crippen molar-refractivity contribution in [3.63, 3.8) is 0 Å². The van der Waals surface area contributed by atoms with Crippen molar-refractivity contribution >= 4 is 29.5 Å². The molecule has 0 aliphatic carbocycles. The van der Waals surface area contributed by atoms with Gasteiger partial charge in [-0.3, -0.25) is 0 Å². The van der Waals surface area contributed by atoms with Gasteiger partial charge in [-0.15, -0.1) is 0 Å². The third-order valence-corrected chi connectivity index (χ3v) is 1.48. The largest absolute Gasteiger partial charge is 0.397 e. The maximum Gasteiger partial charge on any atom is 0.152 e. The van der Waals surface area contributed by atoms with Crippen molar-refractivity contribution < 1.29 is 4.39 Å². The van der Waals surface area contributed by atoms with Crippen molar-refractivity contribution in [2.45, 2.75) is 0 Å². The molecule has 0 saturated carbocycles. The van der Waals surface area contributed by atoms with Gasteiger partial charge in [0, 0.05) is 12.4 Å². The van der Waals surface area contributed by atoms with Crippen molar-refractivity contribution in [3.05, 3.63) is 17.9 Å². The molecular formula is C6H6FN3S. The molecule has 1 aromatic carbocycles. The average Bonchev–Trinajstić information content (AvgIpc) is 1.99. The predicted octanol–water partition coefficient (Wildman–Crippen LogP) is 1.35. The zero-order valence-corrected chi connectivity index (χ0v) is 6.36. The fourth-order valence-electron chi connectivity index (χ4n) is 0.690. The third kappa shape index (κ3) is 1.27. The number of benzene rings is 1. The van der Waals surface area contributed by atoms with Crippen molar-refractivity contribution in [2.24, 2.45) is 4.36 Å². The van der Waals surface area contributed by atoms with E-state index in [9.17, 15) is 4.39 Å². The SMILES string of the molecule is Nc1ccc(F)c(N=S)c1N. The summed E-state index contributed by atoms with van der Waals surface area (Å²) in [4.78, 5) is 0. The van der Waals surface area contributed by atoms with Crippen LogP contribution in [0, 0.1) is 5.82 Å². The number of nitrogen functional groups attached to an aromatic ring is 2. The molecule has 1 aromatic rings. The van der Waals surface area contributed by atoms with E-state index in [0.717, 1.165) is 0 Å². The summed E-state index contributed by atoms with van der Waals surface area (Å²) in [7, 11) is 0. The summed E-state index contributed by atoms with van der Waals surface area (Å²) in [6.07, 6.45) is 0. The van der Waals surface area contributed by atoms with Crippen LogP contribution in [0.15, 0.2) is 16.5 Å². The Labute approximate surface area is 68.4 Å². The van der Waals surface area contributed by atoms with Crippen LogP contribution in [0.4, 0.5) is 21.5 Å². The van der Waals surface area contributed by atoms with E-state index in [-0.39, 0.29) is 17.1 Å². The molecule has 0 heterocycles. The molecule has 58 valence electrons. The molecule has 0 radical (unpaired) electrons. The Bertz CT molecular complexity index is 300. The van der Waals surface area contributed by atoms with Crippen LogP contribution in [0.2, 0.25) is 0 Å². The Morgan fingerprint density at radius 2 is 2.00 bits per heavy atom. The maximum absolute atomic E-state index is 12.7. The van der Waals surface area contributed by atoms with Crippen molar-refractivity contribution in [2.75, 3.05) is 11.5 Å². The van der Waals surface area contributed by atoms with Gasteiger partial charge in [-0.2, -0.15) is 4.36 Å². The Morgan fingerprint density at radius 1 is 1.36 bits per heavy atom. The number of nitrogens with zero attached hydrogens (tertiary/aromatic N) is 1. The van der Waals surface area contributed by atoms with Crippen LogP contribution >= 0.6 is 0 Å². The quantitative estimate of drug-likeness (QED) is 0.627. The van der Waals surface area contributed by atoms with Gasteiger partial charge in [0.1, 0.15) is 5.69 Å². The highest BCUT2D eigenvalue weighted by Crippen LogP contribution is 2.29. The van der Waals surface area contributed by atoms with Gasteiger partial charge in [-0.1, -0.05) is 0 Å². The van der Waals surface area contributed by atoms with E-state index in [4.69, 9.17) is 11.5 Å². The van der Waals surface area contributed by atoms with E-state index >= 15 is 0 Å². The molecule has 0 amide bonds. The first-order valence-corrected chi connectivity index (χ1v) is 3.20. The summed E-state index contributed by atoms with van der Waals surface area (Å²) in [5.74, 6) is -0.549. The van der Waals surface area contributed by atoms with Gasteiger partial charge in [-0.05, 0) is 12.1 Å². The van der Waals surface area contributed by atoms with Crippen molar-refractivity contribution in [1.29, 1.82) is 0 Å². The topological polar surface area (TPSA) is 64.4 Å². The van der Waals surface area contributed by atoms with Gasteiger partial charge < -0.3 is 11.5 Å². The fraction of sp³-hybridized carbons (Fsp3) is 0. The lowest BCUT2D eigenvalue weighted by molar-refractivity contribution is 0.631. The first-order chi connectivity index (χ1) is 5.16. The Hall–Kier alpha value is -1.23. The Morgan fingerprint density at radius 3 is 2.45 bits per heavy atom. The molecule has 0 saturated heterocycles. The standard InChI is InChI=1S/C6H6FN3S/c7-3-1-2-4(8)5(9)6(3)10-11/h1-2H,8-9H2. The third-order valence-electron chi connectivity index (χ3n) is 1.29. The van der Waals surface area contributed by atoms with E-state index < -0.39 is 5.82 Å². The lowest BCUT2D eigenvalue weighted by Gasteiger charge is -2.02. The number of hydrogen-bond acceptors (Lipinski definition) is 4. The van der Waals surface area contributed by atoms with Crippen molar-refractivity contribution in [3.8, 4) is 0 Å². The maximum atomic E-state index is 12.7. The molecule has 0 aliphatic heterocycles. The molecule has 5 heteroatoms. The van der Waals surface area contributed by atoms with Gasteiger partial charge in [0.2, 0.25) is 0 Å². The molecule has 0 bridgehead atoms. The molecule has 0 atom stereocenters. The molecule has 0 spiro atoms. The van der Waals surface area contributed by atoms with Crippen molar-refractivity contribution in [1.82, 2.24) is 0 Å². The molecule has 0 unspecified atom stereocenters. The monoisotopic (exact) mass is 171 g/mol. The van der Waals surface area contributed by atoms with Gasteiger partial charge in [0.25, 0.3) is 0 Å². The minimum Gasteiger partial charge on any atom is -0.397 e. The summed E-state index contributed by atoms with van der Waals surface area (Å²) in [5, 5.41) is 0. The van der Waals surface area contributed by atoms with Gasteiger partial charge >= 0.3 is 0 Å². The fourth-order valence-corrected chi connectivity index (χ4v) is 0.875. The molecule has 1 rings (SSSR count). The molecule has 11 heavy (non-hydrogen) atoms. The lowest BCUT2D eigenvalue weighted by Crippen LogP contribution is -1.95. The summed E-state index contributed by atoms with van der Waals surface area (Å²) >= 11 is 4.30. The van der Waals surface area contributed by atoms with Crippen LogP contribution in [-0.4, -0.2) is 0 Å². The normalized spacial score (nSPS) is 9.55. The molecule has 4 N–H and O–H groups in total. The summed E-state index contributed by atoms with van der Waals surface area (Å²) in [6, 6.07) is 2.55. The highest BCUT2D eigenvalue weighted by Gasteiger charge is 2.06. The first kappa shape index (κ1) is 7.87. The highest BCUT2D eigenvalue weighted by atomic mass is 32.1. The Balaban J connectivity index is 3.40. The van der Waals surface area contributed by atoms with E-state index in [1.54, 1.807) is 0 Å². The van der Waals surface area contributed by atoms with Gasteiger partial charge in [0.05, 0.1) is 11.4 Å². The molecule has 0 aliphatic rings. The molecule has 0 fully saturated rings. The minimum absolute atomic E-state index is 0.0556. The summed E-state index contributed by atoms with van der Waals surface area (Å²) in [6.45, 7) is 0. The van der Waals surface area contributed by atoms with Gasteiger partial charge in [0.15, 0.2) is 5.82 Å². The number of halogens is 1. The number of nitrogens with two attached hydrogens (primary N) is 2. The first-order valence-electron chi connectivity index (χ1n) is 2.83. The zero-order chi connectivity index (χ0) is 8.43. The van der Waals surface area contributed by atoms with E-state index in [2.05, 4.69) is 16.8 Å². The second kappa shape index (κ2) is 2.79. The highest BCUT2D eigenvalue weighted by molar-refractivity contribution is 7.47. The van der Waals surface area contributed by atoms with Crippen LogP contribution in [0.25, 0.3) is 0 Å². The number of anilines is 2. The molecule has 0 aromatic heterocycles.